The second-order valence-corrected chi connectivity index (χ2v) is 5.04. The van der Waals surface area contributed by atoms with Gasteiger partial charge in [-0.25, -0.2) is 4.98 Å². The van der Waals surface area contributed by atoms with E-state index in [4.69, 9.17) is 4.74 Å². The van der Waals surface area contributed by atoms with Gasteiger partial charge in [0.05, 0.1) is 12.7 Å². The summed E-state index contributed by atoms with van der Waals surface area (Å²) in [5.74, 6) is 0. The molecule has 0 aromatic carbocycles. The Kier molecular flexibility index (Phi) is 3.24. The van der Waals surface area contributed by atoms with Crippen LogP contribution in [-0.2, 0) is 4.74 Å². The predicted octanol–water partition coefficient (Wildman–Crippen LogP) is 1.81. The lowest BCUT2D eigenvalue weighted by Gasteiger charge is -2.33. The molecule has 5 heteroatoms. The normalized spacial score (nSPS) is 27.3. The third-order valence-corrected chi connectivity index (χ3v) is 3.90. The average molecular weight is 238 g/mol. The van der Waals surface area contributed by atoms with Crippen LogP contribution in [0.1, 0.15) is 29.6 Å². The van der Waals surface area contributed by atoms with Gasteiger partial charge in [0.2, 0.25) is 0 Å². The SMILES string of the molecule is Cc1csc(C(O)C2(C#N)CCCOC2)n1. The lowest BCUT2D eigenvalue weighted by atomic mass is 9.79. The van der Waals surface area contributed by atoms with Crippen molar-refractivity contribution in [2.24, 2.45) is 5.41 Å². The molecule has 2 rings (SSSR count). The number of rotatable bonds is 2. The number of nitriles is 1. The minimum atomic E-state index is -0.837. The molecular weight excluding hydrogens is 224 g/mol. The number of aliphatic hydroxyl groups excluding tert-OH is 1. The summed E-state index contributed by atoms with van der Waals surface area (Å²) in [5, 5.41) is 22.0. The zero-order valence-electron chi connectivity index (χ0n) is 9.14. The maximum Gasteiger partial charge on any atom is 0.126 e. The van der Waals surface area contributed by atoms with Crippen LogP contribution in [0.4, 0.5) is 0 Å². The molecule has 0 saturated carbocycles. The molecule has 1 fully saturated rings. The molecule has 4 nitrogen and oxygen atoms in total. The van der Waals surface area contributed by atoms with E-state index in [1.54, 1.807) is 0 Å². The summed E-state index contributed by atoms with van der Waals surface area (Å²) in [6, 6.07) is 2.22. The third kappa shape index (κ3) is 1.96. The van der Waals surface area contributed by atoms with Crippen LogP contribution in [0.5, 0.6) is 0 Å². The summed E-state index contributed by atoms with van der Waals surface area (Å²) < 4.78 is 5.32. The highest BCUT2D eigenvalue weighted by Gasteiger charge is 2.42. The predicted molar refractivity (Wildman–Crippen MR) is 59.9 cm³/mol. The first-order chi connectivity index (χ1) is 7.68. The van der Waals surface area contributed by atoms with Gasteiger partial charge < -0.3 is 9.84 Å². The molecule has 1 aromatic rings. The fourth-order valence-electron chi connectivity index (χ4n) is 1.92. The summed E-state index contributed by atoms with van der Waals surface area (Å²) >= 11 is 1.40. The Hall–Kier alpha value is -0.960. The van der Waals surface area contributed by atoms with Crippen molar-refractivity contribution in [3.8, 4) is 6.07 Å². The molecular formula is C11H14N2O2S. The van der Waals surface area contributed by atoms with Crippen molar-refractivity contribution in [2.75, 3.05) is 13.2 Å². The van der Waals surface area contributed by atoms with Crippen LogP contribution in [0.15, 0.2) is 5.38 Å². The maximum absolute atomic E-state index is 10.3. The van der Waals surface area contributed by atoms with Crippen LogP contribution in [0, 0.1) is 23.7 Å². The van der Waals surface area contributed by atoms with E-state index < -0.39 is 11.5 Å². The van der Waals surface area contributed by atoms with Gasteiger partial charge >= 0.3 is 0 Å². The molecule has 2 unspecified atom stereocenters. The number of aliphatic hydroxyl groups is 1. The minimum absolute atomic E-state index is 0.295. The van der Waals surface area contributed by atoms with Crippen molar-refractivity contribution in [1.29, 1.82) is 5.26 Å². The lowest BCUT2D eigenvalue weighted by Crippen LogP contribution is -2.36. The first-order valence-electron chi connectivity index (χ1n) is 5.27. The highest BCUT2D eigenvalue weighted by Crippen LogP contribution is 2.41. The fourth-order valence-corrected chi connectivity index (χ4v) is 2.81. The molecule has 1 aliphatic rings. The largest absolute Gasteiger partial charge is 0.384 e. The van der Waals surface area contributed by atoms with Crippen molar-refractivity contribution >= 4 is 11.3 Å². The van der Waals surface area contributed by atoms with Crippen LogP contribution in [0.2, 0.25) is 0 Å². The second-order valence-electron chi connectivity index (χ2n) is 4.15. The topological polar surface area (TPSA) is 66.1 Å². The number of hydrogen-bond donors (Lipinski definition) is 1. The molecule has 0 amide bonds. The monoisotopic (exact) mass is 238 g/mol. The molecule has 0 radical (unpaired) electrons. The molecule has 1 aliphatic heterocycles. The van der Waals surface area contributed by atoms with Crippen LogP contribution < -0.4 is 0 Å². The summed E-state index contributed by atoms with van der Waals surface area (Å²) in [5.41, 5.74) is 0.0617. The Morgan fingerprint density at radius 1 is 1.75 bits per heavy atom. The molecule has 1 aromatic heterocycles. The van der Waals surface area contributed by atoms with Crippen molar-refractivity contribution in [2.45, 2.75) is 25.9 Å². The van der Waals surface area contributed by atoms with E-state index in [2.05, 4.69) is 11.1 Å². The zero-order chi connectivity index (χ0) is 11.6. The number of aryl methyl sites for hydroxylation is 1. The number of thiazole rings is 1. The van der Waals surface area contributed by atoms with Gasteiger partial charge in [0, 0.05) is 17.7 Å². The summed E-state index contributed by atoms with van der Waals surface area (Å²) in [6.07, 6.45) is 0.648. The number of hydrogen-bond acceptors (Lipinski definition) is 5. The van der Waals surface area contributed by atoms with Crippen molar-refractivity contribution < 1.29 is 9.84 Å². The molecule has 16 heavy (non-hydrogen) atoms. The van der Waals surface area contributed by atoms with E-state index >= 15 is 0 Å². The first-order valence-corrected chi connectivity index (χ1v) is 6.15. The van der Waals surface area contributed by atoms with Gasteiger partial charge in [-0.05, 0) is 19.8 Å². The quantitative estimate of drug-likeness (QED) is 0.853. The van der Waals surface area contributed by atoms with E-state index in [-0.39, 0.29) is 0 Å². The van der Waals surface area contributed by atoms with Gasteiger partial charge in [-0.2, -0.15) is 5.26 Å². The second kappa shape index (κ2) is 4.50. The zero-order valence-corrected chi connectivity index (χ0v) is 9.96. The average Bonchev–Trinajstić information content (AvgIpc) is 2.76. The molecule has 0 spiro atoms. The van der Waals surface area contributed by atoms with Gasteiger partial charge in [-0.3, -0.25) is 0 Å². The third-order valence-electron chi connectivity index (χ3n) is 2.89. The minimum Gasteiger partial charge on any atom is -0.384 e. The summed E-state index contributed by atoms with van der Waals surface area (Å²) in [6.45, 7) is 2.85. The molecule has 0 bridgehead atoms. The van der Waals surface area contributed by atoms with Crippen LogP contribution in [0.25, 0.3) is 0 Å². The van der Waals surface area contributed by atoms with E-state index in [1.807, 2.05) is 12.3 Å². The Morgan fingerprint density at radius 2 is 2.56 bits per heavy atom. The standard InChI is InChI=1S/C11H14N2O2S/c1-8-5-16-10(13-8)9(14)11(6-12)3-2-4-15-7-11/h5,9,14H,2-4,7H2,1H3. The highest BCUT2D eigenvalue weighted by molar-refractivity contribution is 7.09. The smallest absolute Gasteiger partial charge is 0.126 e. The Balaban J connectivity index is 2.24. The molecule has 2 atom stereocenters. The number of nitrogens with zero attached hydrogens (tertiary/aromatic N) is 2. The molecule has 0 aliphatic carbocycles. The van der Waals surface area contributed by atoms with E-state index in [9.17, 15) is 10.4 Å². The maximum atomic E-state index is 10.3. The van der Waals surface area contributed by atoms with Crippen LogP contribution in [0.3, 0.4) is 0 Å². The van der Waals surface area contributed by atoms with Gasteiger partial charge in [0.15, 0.2) is 0 Å². The van der Waals surface area contributed by atoms with Crippen LogP contribution in [-0.4, -0.2) is 23.3 Å². The van der Waals surface area contributed by atoms with Gasteiger partial charge in [-0.15, -0.1) is 11.3 Å². The highest BCUT2D eigenvalue weighted by atomic mass is 32.1. The summed E-state index contributed by atoms with van der Waals surface area (Å²) in [7, 11) is 0. The Labute approximate surface area is 98.5 Å². The van der Waals surface area contributed by atoms with E-state index in [0.29, 0.717) is 24.6 Å². The Morgan fingerprint density at radius 3 is 3.06 bits per heavy atom. The number of ether oxygens (including phenoxy) is 1. The molecule has 1 saturated heterocycles. The van der Waals surface area contributed by atoms with Gasteiger partial charge in [0.1, 0.15) is 16.5 Å². The van der Waals surface area contributed by atoms with Crippen molar-refractivity contribution in [1.82, 2.24) is 4.98 Å². The van der Waals surface area contributed by atoms with Gasteiger partial charge in [-0.1, -0.05) is 0 Å². The van der Waals surface area contributed by atoms with E-state index in [1.165, 1.54) is 11.3 Å². The van der Waals surface area contributed by atoms with Crippen LogP contribution >= 0.6 is 11.3 Å². The van der Waals surface area contributed by atoms with Gasteiger partial charge in [0.25, 0.3) is 0 Å². The molecule has 1 N–H and O–H groups in total. The summed E-state index contributed by atoms with van der Waals surface area (Å²) in [4.78, 5) is 4.24. The first kappa shape index (κ1) is 11.5. The molecule has 86 valence electrons. The Bertz CT molecular complexity index is 404. The van der Waals surface area contributed by atoms with Crippen molar-refractivity contribution in [3.05, 3.63) is 16.1 Å². The van der Waals surface area contributed by atoms with E-state index in [0.717, 1.165) is 12.1 Å². The lowest BCUT2D eigenvalue weighted by molar-refractivity contribution is -0.0506. The van der Waals surface area contributed by atoms with Crippen molar-refractivity contribution in [3.63, 3.8) is 0 Å². The molecule has 2 heterocycles. The fraction of sp³-hybridized carbons (Fsp3) is 0.636. The number of aromatic nitrogens is 1.